The van der Waals surface area contributed by atoms with Gasteiger partial charge in [-0.2, -0.15) is 0 Å². The minimum atomic E-state index is -2.91. The molecule has 0 N–H and O–H groups in total. The zero-order chi connectivity index (χ0) is 15.5. The molecule has 6 nitrogen and oxygen atoms in total. The van der Waals surface area contributed by atoms with E-state index < -0.39 is 15.9 Å². The number of rotatable bonds is 5. The highest BCUT2D eigenvalue weighted by Crippen LogP contribution is 2.26. The molecule has 1 amide bonds. The third-order valence-corrected chi connectivity index (χ3v) is 7.03. The number of esters is 1. The van der Waals surface area contributed by atoms with Gasteiger partial charge in [0.2, 0.25) is 5.91 Å². The number of ether oxygens (including phenoxy) is 1. The number of carbonyl (C=O) groups excluding carboxylic acids is 2. The van der Waals surface area contributed by atoms with Gasteiger partial charge >= 0.3 is 5.97 Å². The van der Waals surface area contributed by atoms with Crippen LogP contribution in [0.3, 0.4) is 0 Å². The number of thioether (sulfide) groups is 1. The second-order valence-corrected chi connectivity index (χ2v) is 8.85. The summed E-state index contributed by atoms with van der Waals surface area (Å²) >= 11 is 1.39. The number of sulfone groups is 1. The Kier molecular flexibility index (Phi) is 5.54. The van der Waals surface area contributed by atoms with Crippen molar-refractivity contribution in [3.8, 4) is 0 Å². The molecule has 2 aliphatic rings. The van der Waals surface area contributed by atoms with Gasteiger partial charge in [0.25, 0.3) is 0 Å². The van der Waals surface area contributed by atoms with E-state index in [1.54, 1.807) is 11.8 Å². The van der Waals surface area contributed by atoms with Gasteiger partial charge in [0.05, 0.1) is 23.9 Å². The van der Waals surface area contributed by atoms with Crippen LogP contribution < -0.4 is 0 Å². The normalized spacial score (nSPS) is 27.8. The monoisotopic (exact) mass is 335 g/mol. The molecule has 2 unspecified atom stereocenters. The lowest BCUT2D eigenvalue weighted by Gasteiger charge is -2.23. The molecule has 0 aromatic carbocycles. The van der Waals surface area contributed by atoms with E-state index in [4.69, 9.17) is 4.74 Å². The van der Waals surface area contributed by atoms with Crippen molar-refractivity contribution in [2.24, 2.45) is 0 Å². The van der Waals surface area contributed by atoms with Crippen molar-refractivity contribution in [2.75, 3.05) is 30.4 Å². The molecule has 8 heteroatoms. The van der Waals surface area contributed by atoms with E-state index in [2.05, 4.69) is 0 Å². The first-order valence-corrected chi connectivity index (χ1v) is 10.1. The minimum absolute atomic E-state index is 0.00240. The van der Waals surface area contributed by atoms with Crippen LogP contribution in [0.4, 0.5) is 0 Å². The van der Waals surface area contributed by atoms with Gasteiger partial charge in [-0.1, -0.05) is 0 Å². The largest absolute Gasteiger partial charge is 0.464 e. The van der Waals surface area contributed by atoms with Crippen LogP contribution >= 0.6 is 11.8 Å². The summed E-state index contributed by atoms with van der Waals surface area (Å²) in [5, 5.41) is 0.00240. The Balaban J connectivity index is 1.84. The summed E-state index contributed by atoms with van der Waals surface area (Å²) in [5.74, 6) is 0.174. The maximum atomic E-state index is 12.2. The topological polar surface area (TPSA) is 80.8 Å². The predicted octanol–water partition coefficient (Wildman–Crippen LogP) is 0.461. The number of hydrogen-bond acceptors (Lipinski definition) is 6. The number of nitrogens with zero attached hydrogens (tertiary/aromatic N) is 1. The number of likely N-dealkylation sites (tertiary alicyclic amines) is 1. The number of amides is 1. The van der Waals surface area contributed by atoms with Gasteiger partial charge in [0.1, 0.15) is 6.04 Å². The molecule has 21 heavy (non-hydrogen) atoms. The van der Waals surface area contributed by atoms with Crippen molar-refractivity contribution in [1.29, 1.82) is 0 Å². The summed E-state index contributed by atoms with van der Waals surface area (Å²) in [5.41, 5.74) is 0. The molecule has 0 aliphatic carbocycles. The summed E-state index contributed by atoms with van der Waals surface area (Å²) in [4.78, 5) is 25.6. The molecular formula is C13H21NO5S2. The molecule has 2 aliphatic heterocycles. The van der Waals surface area contributed by atoms with E-state index in [1.165, 1.54) is 11.8 Å². The van der Waals surface area contributed by atoms with Crippen LogP contribution in [0.15, 0.2) is 0 Å². The first kappa shape index (κ1) is 16.6. The third kappa shape index (κ3) is 4.35. The molecule has 0 saturated carbocycles. The smallest absolute Gasteiger partial charge is 0.328 e. The molecule has 2 rings (SSSR count). The summed E-state index contributed by atoms with van der Waals surface area (Å²) < 4.78 is 27.8. The quantitative estimate of drug-likeness (QED) is 0.679. The molecule has 0 spiro atoms. The van der Waals surface area contributed by atoms with Crippen molar-refractivity contribution >= 4 is 33.5 Å². The average Bonchev–Trinajstić information content (AvgIpc) is 3.02. The molecular weight excluding hydrogens is 314 g/mol. The van der Waals surface area contributed by atoms with Gasteiger partial charge in [-0.15, -0.1) is 11.8 Å². The Hall–Kier alpha value is -0.760. The maximum absolute atomic E-state index is 12.2. The van der Waals surface area contributed by atoms with Crippen LogP contribution in [0.5, 0.6) is 0 Å². The van der Waals surface area contributed by atoms with Gasteiger partial charge in [0.15, 0.2) is 9.84 Å². The van der Waals surface area contributed by atoms with E-state index in [0.717, 1.165) is 6.42 Å². The number of hydrogen-bond donors (Lipinski definition) is 0. The van der Waals surface area contributed by atoms with Gasteiger partial charge < -0.3 is 9.64 Å². The van der Waals surface area contributed by atoms with E-state index in [0.29, 0.717) is 26.0 Å². The van der Waals surface area contributed by atoms with Gasteiger partial charge in [-0.3, -0.25) is 4.79 Å². The Morgan fingerprint density at radius 3 is 2.71 bits per heavy atom. The van der Waals surface area contributed by atoms with Gasteiger partial charge in [-0.05, 0) is 26.2 Å². The Labute approximate surface area is 129 Å². The molecule has 2 saturated heterocycles. The van der Waals surface area contributed by atoms with Crippen LogP contribution in [-0.2, 0) is 24.2 Å². The molecule has 2 heterocycles. The van der Waals surface area contributed by atoms with E-state index >= 15 is 0 Å². The van der Waals surface area contributed by atoms with Crippen molar-refractivity contribution < 1.29 is 22.7 Å². The van der Waals surface area contributed by atoms with Crippen molar-refractivity contribution in [3.05, 3.63) is 0 Å². The standard InChI is InChI=1S/C13H21NO5S2/c1-2-19-13(16)11-4-3-6-14(11)12(15)8-20-10-5-7-21(17,18)9-10/h10-11H,2-9H2,1H3. The van der Waals surface area contributed by atoms with Crippen LogP contribution in [0, 0.1) is 0 Å². The third-order valence-electron chi connectivity index (χ3n) is 3.76. The maximum Gasteiger partial charge on any atom is 0.328 e. The van der Waals surface area contributed by atoms with Crippen LogP contribution in [0.2, 0.25) is 0 Å². The fourth-order valence-corrected chi connectivity index (χ4v) is 6.24. The summed E-state index contributed by atoms with van der Waals surface area (Å²) in [6.45, 7) is 2.63. The Bertz CT molecular complexity index is 505. The lowest BCUT2D eigenvalue weighted by molar-refractivity contribution is -0.152. The zero-order valence-corrected chi connectivity index (χ0v) is 13.7. The highest BCUT2D eigenvalue weighted by atomic mass is 32.2. The molecule has 120 valence electrons. The fourth-order valence-electron chi connectivity index (χ4n) is 2.71. The molecule has 2 fully saturated rings. The second kappa shape index (κ2) is 7.00. The van der Waals surface area contributed by atoms with Crippen LogP contribution in [0.25, 0.3) is 0 Å². The Morgan fingerprint density at radius 2 is 2.10 bits per heavy atom. The summed E-state index contributed by atoms with van der Waals surface area (Å²) in [7, 11) is -2.91. The summed E-state index contributed by atoms with van der Waals surface area (Å²) in [6, 6.07) is -0.467. The second-order valence-electron chi connectivity index (χ2n) is 5.33. The SMILES string of the molecule is CCOC(=O)C1CCCN1C(=O)CSC1CCS(=O)(=O)C1. The average molecular weight is 335 g/mol. The van der Waals surface area contributed by atoms with Gasteiger partial charge in [0, 0.05) is 11.8 Å². The lowest BCUT2D eigenvalue weighted by Crippen LogP contribution is -2.42. The molecule has 0 bridgehead atoms. The minimum Gasteiger partial charge on any atom is -0.464 e. The zero-order valence-electron chi connectivity index (χ0n) is 12.1. The first-order chi connectivity index (χ1) is 9.93. The Morgan fingerprint density at radius 1 is 1.33 bits per heavy atom. The van der Waals surface area contributed by atoms with Crippen LogP contribution in [-0.4, -0.2) is 66.9 Å². The van der Waals surface area contributed by atoms with Crippen molar-refractivity contribution in [1.82, 2.24) is 4.90 Å². The molecule has 0 aromatic heterocycles. The fraction of sp³-hybridized carbons (Fsp3) is 0.846. The van der Waals surface area contributed by atoms with E-state index in [-0.39, 0.29) is 34.4 Å². The highest BCUT2D eigenvalue weighted by Gasteiger charge is 2.36. The molecule has 0 radical (unpaired) electrons. The summed E-state index contributed by atoms with van der Waals surface area (Å²) in [6.07, 6.45) is 2.06. The number of carbonyl (C=O) groups is 2. The van der Waals surface area contributed by atoms with Crippen molar-refractivity contribution in [2.45, 2.75) is 37.5 Å². The first-order valence-electron chi connectivity index (χ1n) is 7.21. The van der Waals surface area contributed by atoms with E-state index in [9.17, 15) is 18.0 Å². The highest BCUT2D eigenvalue weighted by molar-refractivity contribution is 8.02. The van der Waals surface area contributed by atoms with Crippen molar-refractivity contribution in [3.63, 3.8) is 0 Å². The lowest BCUT2D eigenvalue weighted by atomic mass is 10.2. The molecule has 2 atom stereocenters. The van der Waals surface area contributed by atoms with Crippen LogP contribution in [0.1, 0.15) is 26.2 Å². The van der Waals surface area contributed by atoms with E-state index in [1.807, 2.05) is 0 Å². The van der Waals surface area contributed by atoms with Gasteiger partial charge in [-0.25, -0.2) is 13.2 Å². The predicted molar refractivity (Wildman–Crippen MR) is 80.9 cm³/mol. The molecule has 0 aromatic rings.